The van der Waals surface area contributed by atoms with Crippen LogP contribution in [0.15, 0.2) is 76.1 Å². The predicted molar refractivity (Wildman–Crippen MR) is 118 cm³/mol. The lowest BCUT2D eigenvalue weighted by Crippen LogP contribution is -2.51. The minimum atomic E-state index is -4.08. The van der Waals surface area contributed by atoms with Crippen LogP contribution < -0.4 is 9.21 Å². The van der Waals surface area contributed by atoms with Crippen LogP contribution in [0.3, 0.4) is 0 Å². The van der Waals surface area contributed by atoms with Gasteiger partial charge in [0, 0.05) is 9.50 Å². The number of carbonyl (C=O) groups excluding carboxylic acids is 1. The number of nitrogens with zero attached hydrogens (tertiary/aromatic N) is 2. The number of halogens is 2. The summed E-state index contributed by atoms with van der Waals surface area (Å²) in [6, 6.07) is 18.3. The van der Waals surface area contributed by atoms with E-state index in [4.69, 9.17) is 11.6 Å². The second-order valence-corrected chi connectivity index (χ2v) is 9.77. The molecule has 0 saturated carbocycles. The van der Waals surface area contributed by atoms with Gasteiger partial charge in [0.2, 0.25) is 0 Å². The monoisotopic (exact) mass is 490 g/mol. The van der Waals surface area contributed by atoms with E-state index in [1.165, 1.54) is 17.0 Å². The van der Waals surface area contributed by atoms with Gasteiger partial charge < -0.3 is 0 Å². The minimum absolute atomic E-state index is 0.0778. The van der Waals surface area contributed by atoms with Gasteiger partial charge in [0.15, 0.2) is 0 Å². The first-order valence-electron chi connectivity index (χ1n) is 8.75. The van der Waals surface area contributed by atoms with E-state index >= 15 is 0 Å². The Morgan fingerprint density at radius 2 is 1.72 bits per heavy atom. The molecule has 8 heteroatoms. The van der Waals surface area contributed by atoms with Gasteiger partial charge in [-0.3, -0.25) is 4.90 Å². The number of sulfonamides is 1. The minimum Gasteiger partial charge on any atom is -0.287 e. The Morgan fingerprint density at radius 1 is 0.966 bits per heavy atom. The van der Waals surface area contributed by atoms with Crippen molar-refractivity contribution in [3.63, 3.8) is 0 Å². The summed E-state index contributed by atoms with van der Waals surface area (Å²) in [5, 5.41) is 0.353. The zero-order chi connectivity index (χ0) is 20.8. The van der Waals surface area contributed by atoms with E-state index in [0.717, 1.165) is 14.3 Å². The quantitative estimate of drug-likeness (QED) is 0.469. The van der Waals surface area contributed by atoms with Crippen molar-refractivity contribution in [3.05, 3.63) is 87.4 Å². The second kappa shape index (κ2) is 7.48. The lowest BCUT2D eigenvalue weighted by Gasteiger charge is -2.36. The van der Waals surface area contributed by atoms with E-state index in [1.807, 2.05) is 24.3 Å². The van der Waals surface area contributed by atoms with Crippen molar-refractivity contribution in [2.24, 2.45) is 0 Å². The number of hydrogen-bond donors (Lipinski definition) is 0. The molecule has 0 aliphatic carbocycles. The molecule has 0 aromatic heterocycles. The molecule has 3 aromatic rings. The van der Waals surface area contributed by atoms with Crippen LogP contribution in [0.25, 0.3) is 0 Å². The first-order valence-corrected chi connectivity index (χ1v) is 11.4. The number of rotatable bonds is 3. The average molecular weight is 492 g/mol. The van der Waals surface area contributed by atoms with Crippen molar-refractivity contribution < 1.29 is 13.2 Å². The van der Waals surface area contributed by atoms with Crippen LogP contribution in [0, 0.1) is 6.92 Å². The molecule has 0 N–H and O–H groups in total. The number of aryl methyl sites for hydroxylation is 1. The van der Waals surface area contributed by atoms with E-state index in [2.05, 4.69) is 15.9 Å². The third-order valence-corrected chi connectivity index (χ3v) is 7.16. The van der Waals surface area contributed by atoms with Gasteiger partial charge in [0.05, 0.1) is 17.9 Å². The van der Waals surface area contributed by atoms with Gasteiger partial charge >= 0.3 is 6.03 Å². The van der Waals surface area contributed by atoms with E-state index in [9.17, 15) is 13.2 Å². The molecule has 0 bridgehead atoms. The number of benzene rings is 3. The molecule has 0 radical (unpaired) electrons. The lowest BCUT2D eigenvalue weighted by molar-refractivity contribution is 0.253. The molecule has 2 amide bonds. The fourth-order valence-electron chi connectivity index (χ4n) is 3.32. The largest absolute Gasteiger partial charge is 0.343 e. The number of amides is 2. The van der Waals surface area contributed by atoms with Crippen LogP contribution in [-0.2, 0) is 16.6 Å². The molecule has 1 aliphatic rings. The summed E-state index contributed by atoms with van der Waals surface area (Å²) in [5.41, 5.74) is 2.10. The van der Waals surface area contributed by atoms with Gasteiger partial charge in [-0.15, -0.1) is 0 Å². The standard InChI is InChI=1S/C21H16BrClN2O3S/c1-14-9-10-17(23)12-19(14)25-21(26)24(13-15-5-4-6-16(22)11-15)18-7-2-3-8-20(18)29(25,27)28/h2-12H,13H2,1H3. The molecule has 0 saturated heterocycles. The van der Waals surface area contributed by atoms with Crippen molar-refractivity contribution >= 4 is 55.0 Å². The average Bonchev–Trinajstić information content (AvgIpc) is 2.68. The molecule has 5 nitrogen and oxygen atoms in total. The molecule has 4 rings (SSSR count). The SMILES string of the molecule is Cc1ccc(Cl)cc1N1C(=O)N(Cc2cccc(Br)c2)c2ccccc2S1(=O)=O. The molecule has 0 atom stereocenters. The fourth-order valence-corrected chi connectivity index (χ4v) is 5.58. The summed E-state index contributed by atoms with van der Waals surface area (Å²) < 4.78 is 28.4. The summed E-state index contributed by atoms with van der Waals surface area (Å²) in [7, 11) is -4.08. The van der Waals surface area contributed by atoms with Gasteiger partial charge in [-0.05, 0) is 54.4 Å². The zero-order valence-corrected chi connectivity index (χ0v) is 18.5. The Morgan fingerprint density at radius 3 is 2.48 bits per heavy atom. The molecule has 0 spiro atoms. The fraction of sp³-hybridized carbons (Fsp3) is 0.0952. The number of para-hydroxylation sites is 1. The third-order valence-electron chi connectivity index (χ3n) is 4.70. The summed E-state index contributed by atoms with van der Waals surface area (Å²) in [5.74, 6) is 0. The van der Waals surface area contributed by atoms with Crippen molar-refractivity contribution in [1.82, 2.24) is 0 Å². The van der Waals surface area contributed by atoms with Gasteiger partial charge in [-0.2, -0.15) is 4.31 Å². The number of carbonyl (C=O) groups is 1. The molecule has 29 heavy (non-hydrogen) atoms. The summed E-state index contributed by atoms with van der Waals surface area (Å²) in [6.07, 6.45) is 0. The molecule has 148 valence electrons. The van der Waals surface area contributed by atoms with E-state index in [1.54, 1.807) is 37.3 Å². The number of anilines is 2. The van der Waals surface area contributed by atoms with Gasteiger partial charge in [0.1, 0.15) is 4.90 Å². The Labute approximate surface area is 182 Å². The second-order valence-electron chi connectivity index (χ2n) is 6.67. The van der Waals surface area contributed by atoms with E-state index < -0.39 is 16.1 Å². The Hall–Kier alpha value is -2.35. The van der Waals surface area contributed by atoms with Crippen LogP contribution >= 0.6 is 27.5 Å². The van der Waals surface area contributed by atoms with Crippen LogP contribution in [0.1, 0.15) is 11.1 Å². The summed E-state index contributed by atoms with van der Waals surface area (Å²) in [6.45, 7) is 1.97. The van der Waals surface area contributed by atoms with Crippen molar-refractivity contribution in [3.8, 4) is 0 Å². The van der Waals surface area contributed by atoms with Crippen molar-refractivity contribution in [2.75, 3.05) is 9.21 Å². The number of hydrogen-bond acceptors (Lipinski definition) is 3. The van der Waals surface area contributed by atoms with Gasteiger partial charge in [-0.25, -0.2) is 13.2 Å². The number of fused-ring (bicyclic) bond motifs is 1. The summed E-state index contributed by atoms with van der Waals surface area (Å²) in [4.78, 5) is 15.0. The topological polar surface area (TPSA) is 57.7 Å². The van der Waals surface area contributed by atoms with E-state index in [0.29, 0.717) is 16.3 Å². The molecular formula is C21H16BrClN2O3S. The Kier molecular flexibility index (Phi) is 5.14. The van der Waals surface area contributed by atoms with Crippen LogP contribution in [-0.4, -0.2) is 14.4 Å². The van der Waals surface area contributed by atoms with Gasteiger partial charge in [0.25, 0.3) is 10.0 Å². The van der Waals surface area contributed by atoms with Crippen LogP contribution in [0.4, 0.5) is 16.2 Å². The molecule has 0 fully saturated rings. The smallest absolute Gasteiger partial charge is 0.287 e. The molecular weight excluding hydrogens is 476 g/mol. The van der Waals surface area contributed by atoms with Crippen LogP contribution in [0.5, 0.6) is 0 Å². The molecule has 3 aromatic carbocycles. The first-order chi connectivity index (χ1) is 13.8. The third kappa shape index (κ3) is 3.54. The summed E-state index contributed by atoms with van der Waals surface area (Å²) >= 11 is 9.54. The molecule has 1 heterocycles. The normalized spacial score (nSPS) is 15.3. The first kappa shape index (κ1) is 19.9. The maximum atomic E-state index is 13.5. The maximum Gasteiger partial charge on any atom is 0.343 e. The molecule has 0 unspecified atom stereocenters. The predicted octanol–water partition coefficient (Wildman–Crippen LogP) is 5.75. The van der Waals surface area contributed by atoms with Crippen molar-refractivity contribution in [2.45, 2.75) is 18.4 Å². The highest BCUT2D eigenvalue weighted by atomic mass is 79.9. The zero-order valence-electron chi connectivity index (χ0n) is 15.3. The highest BCUT2D eigenvalue weighted by Gasteiger charge is 2.43. The lowest BCUT2D eigenvalue weighted by atomic mass is 10.2. The van der Waals surface area contributed by atoms with E-state index in [-0.39, 0.29) is 17.1 Å². The van der Waals surface area contributed by atoms with Crippen LogP contribution in [0.2, 0.25) is 5.02 Å². The Balaban J connectivity index is 1.90. The molecule has 1 aliphatic heterocycles. The van der Waals surface area contributed by atoms with Gasteiger partial charge in [-0.1, -0.05) is 57.9 Å². The van der Waals surface area contributed by atoms with Crippen molar-refractivity contribution in [1.29, 1.82) is 0 Å². The maximum absolute atomic E-state index is 13.5. The Bertz CT molecular complexity index is 1230. The highest BCUT2D eigenvalue weighted by Crippen LogP contribution is 2.39. The number of urea groups is 1. The highest BCUT2D eigenvalue weighted by molar-refractivity contribution is 9.10.